The van der Waals surface area contributed by atoms with Crippen molar-refractivity contribution in [2.45, 2.75) is 38.6 Å². The van der Waals surface area contributed by atoms with Gasteiger partial charge in [-0.3, -0.25) is 10.1 Å². The molecule has 98 valence electrons. The minimum Gasteiger partial charge on any atom is -0.382 e. The van der Waals surface area contributed by atoms with E-state index in [0.717, 1.165) is 24.4 Å². The molecule has 0 aromatic heterocycles. The molecular formula is C13H17ClN2O2. The zero-order valence-electron chi connectivity index (χ0n) is 10.4. The Balaban J connectivity index is 2.05. The van der Waals surface area contributed by atoms with Gasteiger partial charge in [-0.05, 0) is 43.7 Å². The van der Waals surface area contributed by atoms with E-state index in [1.165, 1.54) is 18.9 Å². The quantitative estimate of drug-likeness (QED) is 0.659. The molecule has 0 heterocycles. The summed E-state index contributed by atoms with van der Waals surface area (Å²) >= 11 is 5.78. The van der Waals surface area contributed by atoms with Gasteiger partial charge in [0.25, 0.3) is 5.69 Å². The SMILES string of the molecule is CC1CCC(Nc2ccc(Cl)c([N+](=O)[O-])c2)CC1. The molecule has 1 aliphatic rings. The van der Waals surface area contributed by atoms with Gasteiger partial charge in [0.15, 0.2) is 0 Å². The van der Waals surface area contributed by atoms with E-state index in [9.17, 15) is 10.1 Å². The van der Waals surface area contributed by atoms with Crippen LogP contribution in [0.2, 0.25) is 5.02 Å². The molecule has 0 aliphatic heterocycles. The first-order valence-electron chi connectivity index (χ1n) is 6.26. The lowest BCUT2D eigenvalue weighted by Crippen LogP contribution is -2.25. The van der Waals surface area contributed by atoms with Crippen LogP contribution in [0.1, 0.15) is 32.6 Å². The number of nitro benzene ring substituents is 1. The van der Waals surface area contributed by atoms with Gasteiger partial charge in [-0.25, -0.2) is 0 Å². The first kappa shape index (κ1) is 13.1. The summed E-state index contributed by atoms with van der Waals surface area (Å²) in [5, 5.41) is 14.3. The first-order valence-corrected chi connectivity index (χ1v) is 6.64. The van der Waals surface area contributed by atoms with Crippen molar-refractivity contribution < 1.29 is 4.92 Å². The lowest BCUT2D eigenvalue weighted by molar-refractivity contribution is -0.384. The average molecular weight is 269 g/mol. The van der Waals surface area contributed by atoms with E-state index in [-0.39, 0.29) is 10.7 Å². The molecule has 0 spiro atoms. The maximum absolute atomic E-state index is 10.8. The molecule has 1 aliphatic carbocycles. The summed E-state index contributed by atoms with van der Waals surface area (Å²) in [7, 11) is 0. The largest absolute Gasteiger partial charge is 0.382 e. The number of rotatable bonds is 3. The molecular weight excluding hydrogens is 252 g/mol. The highest BCUT2D eigenvalue weighted by Gasteiger charge is 2.19. The molecule has 0 unspecified atom stereocenters. The second-order valence-electron chi connectivity index (χ2n) is 5.02. The Labute approximate surface area is 111 Å². The highest BCUT2D eigenvalue weighted by atomic mass is 35.5. The molecule has 0 saturated heterocycles. The van der Waals surface area contributed by atoms with Crippen LogP contribution in [0.15, 0.2) is 18.2 Å². The summed E-state index contributed by atoms with van der Waals surface area (Å²) in [4.78, 5) is 10.4. The molecule has 2 rings (SSSR count). The van der Waals surface area contributed by atoms with E-state index >= 15 is 0 Å². The first-order chi connectivity index (χ1) is 8.56. The van der Waals surface area contributed by atoms with Gasteiger partial charge in [0.2, 0.25) is 0 Å². The minimum atomic E-state index is -0.448. The van der Waals surface area contributed by atoms with Crippen molar-refractivity contribution in [3.63, 3.8) is 0 Å². The van der Waals surface area contributed by atoms with Crippen molar-refractivity contribution in [3.05, 3.63) is 33.3 Å². The Morgan fingerprint density at radius 1 is 1.33 bits per heavy atom. The van der Waals surface area contributed by atoms with Gasteiger partial charge in [-0.2, -0.15) is 0 Å². The van der Waals surface area contributed by atoms with Crippen LogP contribution in [0.3, 0.4) is 0 Å². The maximum atomic E-state index is 10.8. The molecule has 1 aromatic carbocycles. The number of nitrogens with zero attached hydrogens (tertiary/aromatic N) is 1. The second-order valence-corrected chi connectivity index (χ2v) is 5.43. The second kappa shape index (κ2) is 5.57. The van der Waals surface area contributed by atoms with Crippen LogP contribution in [0.25, 0.3) is 0 Å². The Bertz CT molecular complexity index is 443. The molecule has 1 N–H and O–H groups in total. The van der Waals surface area contributed by atoms with E-state index in [0.29, 0.717) is 6.04 Å². The third-order valence-electron chi connectivity index (χ3n) is 3.53. The van der Waals surface area contributed by atoms with Crippen LogP contribution in [-0.4, -0.2) is 11.0 Å². The van der Waals surface area contributed by atoms with Gasteiger partial charge in [0.1, 0.15) is 5.02 Å². The normalized spacial score (nSPS) is 23.7. The number of halogens is 1. The lowest BCUT2D eigenvalue weighted by atomic mass is 9.87. The van der Waals surface area contributed by atoms with Crippen LogP contribution < -0.4 is 5.32 Å². The van der Waals surface area contributed by atoms with Crippen molar-refractivity contribution in [2.24, 2.45) is 5.92 Å². The van der Waals surface area contributed by atoms with Crippen molar-refractivity contribution >= 4 is 23.0 Å². The van der Waals surface area contributed by atoms with E-state index < -0.39 is 4.92 Å². The van der Waals surface area contributed by atoms with Crippen LogP contribution in [0, 0.1) is 16.0 Å². The van der Waals surface area contributed by atoms with E-state index in [1.54, 1.807) is 12.1 Å². The lowest BCUT2D eigenvalue weighted by Gasteiger charge is -2.27. The van der Waals surface area contributed by atoms with Crippen LogP contribution in [0.4, 0.5) is 11.4 Å². The van der Waals surface area contributed by atoms with Gasteiger partial charge < -0.3 is 5.32 Å². The number of hydrogen-bond donors (Lipinski definition) is 1. The topological polar surface area (TPSA) is 55.2 Å². The average Bonchev–Trinajstić information content (AvgIpc) is 2.34. The third-order valence-corrected chi connectivity index (χ3v) is 3.85. The summed E-state index contributed by atoms with van der Waals surface area (Å²) in [5.74, 6) is 0.794. The number of hydrogen-bond acceptors (Lipinski definition) is 3. The summed E-state index contributed by atoms with van der Waals surface area (Å²) in [5.41, 5.74) is 0.747. The van der Waals surface area contributed by atoms with Crippen molar-refractivity contribution in [1.82, 2.24) is 0 Å². The number of nitrogens with one attached hydrogen (secondary N) is 1. The Kier molecular flexibility index (Phi) is 4.07. The molecule has 1 fully saturated rings. The molecule has 4 nitrogen and oxygen atoms in total. The molecule has 0 bridgehead atoms. The van der Waals surface area contributed by atoms with Crippen LogP contribution in [-0.2, 0) is 0 Å². The van der Waals surface area contributed by atoms with Gasteiger partial charge in [0.05, 0.1) is 4.92 Å². The third kappa shape index (κ3) is 3.13. The van der Waals surface area contributed by atoms with E-state index in [1.807, 2.05) is 0 Å². The highest BCUT2D eigenvalue weighted by Crippen LogP contribution is 2.30. The fourth-order valence-corrected chi connectivity index (χ4v) is 2.57. The molecule has 1 aromatic rings. The Morgan fingerprint density at radius 3 is 2.61 bits per heavy atom. The predicted molar refractivity (Wildman–Crippen MR) is 73.1 cm³/mol. The number of anilines is 1. The molecule has 0 radical (unpaired) electrons. The predicted octanol–water partition coefficient (Wildman–Crippen LogP) is 4.24. The molecule has 0 atom stereocenters. The van der Waals surface area contributed by atoms with Crippen LogP contribution in [0.5, 0.6) is 0 Å². The zero-order chi connectivity index (χ0) is 13.1. The standard InChI is InChI=1S/C13H17ClN2O2/c1-9-2-4-10(5-3-9)15-11-6-7-12(14)13(8-11)16(17)18/h6-10,15H,2-5H2,1H3. The van der Waals surface area contributed by atoms with Gasteiger partial charge in [-0.15, -0.1) is 0 Å². The van der Waals surface area contributed by atoms with Crippen molar-refractivity contribution in [3.8, 4) is 0 Å². The zero-order valence-corrected chi connectivity index (χ0v) is 11.1. The van der Waals surface area contributed by atoms with Crippen molar-refractivity contribution in [2.75, 3.05) is 5.32 Å². The Hall–Kier alpha value is -1.29. The van der Waals surface area contributed by atoms with E-state index in [2.05, 4.69) is 12.2 Å². The smallest absolute Gasteiger partial charge is 0.289 e. The van der Waals surface area contributed by atoms with Crippen LogP contribution >= 0.6 is 11.6 Å². The molecule has 18 heavy (non-hydrogen) atoms. The minimum absolute atomic E-state index is 0.0363. The Morgan fingerprint density at radius 2 is 2.00 bits per heavy atom. The summed E-state index contributed by atoms with van der Waals surface area (Å²) in [6, 6.07) is 5.31. The fraction of sp³-hybridized carbons (Fsp3) is 0.538. The van der Waals surface area contributed by atoms with Crippen molar-refractivity contribution in [1.29, 1.82) is 0 Å². The number of nitro groups is 1. The number of benzene rings is 1. The van der Waals surface area contributed by atoms with Gasteiger partial charge in [-0.1, -0.05) is 18.5 Å². The monoisotopic (exact) mass is 268 g/mol. The van der Waals surface area contributed by atoms with E-state index in [4.69, 9.17) is 11.6 Å². The molecule has 1 saturated carbocycles. The maximum Gasteiger partial charge on any atom is 0.289 e. The van der Waals surface area contributed by atoms with Gasteiger partial charge in [0, 0.05) is 17.8 Å². The van der Waals surface area contributed by atoms with Gasteiger partial charge >= 0.3 is 0 Å². The summed E-state index contributed by atoms with van der Waals surface area (Å²) < 4.78 is 0. The fourth-order valence-electron chi connectivity index (χ4n) is 2.38. The summed E-state index contributed by atoms with van der Waals surface area (Å²) in [6.45, 7) is 2.27. The highest BCUT2D eigenvalue weighted by molar-refractivity contribution is 6.32. The molecule has 5 heteroatoms. The summed E-state index contributed by atoms with van der Waals surface area (Å²) in [6.07, 6.45) is 4.68. The molecule has 0 amide bonds.